The first-order valence-electron chi connectivity index (χ1n) is 4.54. The Kier molecular flexibility index (Phi) is 4.47. The normalized spacial score (nSPS) is 28.7. The Hall–Kier alpha value is -0.490. The third-order valence-electron chi connectivity index (χ3n) is 2.10. The molecule has 0 spiro atoms. The van der Waals surface area contributed by atoms with E-state index < -0.39 is 23.0 Å². The molecule has 2 N–H and O–H groups in total. The second-order valence-electron chi connectivity index (χ2n) is 3.38. The zero-order valence-electron chi connectivity index (χ0n) is 8.09. The summed E-state index contributed by atoms with van der Waals surface area (Å²) in [5.74, 6) is 0.111. The highest BCUT2D eigenvalue weighted by Gasteiger charge is 2.27. The first-order chi connectivity index (χ1) is 6.59. The molecule has 4 nitrogen and oxygen atoms in total. The van der Waals surface area contributed by atoms with E-state index in [-0.39, 0.29) is 12.3 Å². The molecular formula is C8H15FN2O2S. The van der Waals surface area contributed by atoms with Crippen molar-refractivity contribution < 1.29 is 13.4 Å². The van der Waals surface area contributed by atoms with Crippen molar-refractivity contribution in [1.82, 2.24) is 10.6 Å². The summed E-state index contributed by atoms with van der Waals surface area (Å²) in [6.07, 6.45) is 0.736. The maximum Gasteiger partial charge on any atom is 0.221 e. The molecule has 82 valence electrons. The lowest BCUT2D eigenvalue weighted by molar-refractivity contribution is -0.121. The fourth-order valence-corrected chi connectivity index (χ4v) is 1.78. The van der Waals surface area contributed by atoms with Crippen LogP contribution < -0.4 is 10.6 Å². The van der Waals surface area contributed by atoms with E-state index in [1.54, 1.807) is 6.26 Å². The van der Waals surface area contributed by atoms with E-state index in [4.69, 9.17) is 0 Å². The van der Waals surface area contributed by atoms with Gasteiger partial charge >= 0.3 is 0 Å². The van der Waals surface area contributed by atoms with Crippen LogP contribution in [0, 0.1) is 0 Å². The van der Waals surface area contributed by atoms with Crippen molar-refractivity contribution in [1.29, 1.82) is 0 Å². The topological polar surface area (TPSA) is 58.2 Å². The minimum absolute atomic E-state index is 0.201. The quantitative estimate of drug-likeness (QED) is 0.653. The Morgan fingerprint density at radius 1 is 1.64 bits per heavy atom. The van der Waals surface area contributed by atoms with Gasteiger partial charge in [0.2, 0.25) is 5.91 Å². The van der Waals surface area contributed by atoms with Crippen molar-refractivity contribution in [2.24, 2.45) is 0 Å². The predicted molar refractivity (Wildman–Crippen MR) is 53.2 cm³/mol. The van der Waals surface area contributed by atoms with Gasteiger partial charge in [0, 0.05) is 42.3 Å². The largest absolute Gasteiger partial charge is 0.349 e. The molecule has 14 heavy (non-hydrogen) atoms. The summed E-state index contributed by atoms with van der Waals surface area (Å²) in [4.78, 5) is 11.2. The zero-order chi connectivity index (χ0) is 10.6. The van der Waals surface area contributed by atoms with Gasteiger partial charge in [-0.25, -0.2) is 4.39 Å². The molecule has 6 heteroatoms. The van der Waals surface area contributed by atoms with Gasteiger partial charge in [0.25, 0.3) is 0 Å². The minimum Gasteiger partial charge on any atom is -0.349 e. The summed E-state index contributed by atoms with van der Waals surface area (Å²) in [5, 5.41) is 5.42. The average Bonchev–Trinajstić information content (AvgIpc) is 2.49. The van der Waals surface area contributed by atoms with Crippen LogP contribution in [0.15, 0.2) is 0 Å². The van der Waals surface area contributed by atoms with Crippen molar-refractivity contribution in [2.45, 2.75) is 18.6 Å². The standard InChI is InChI=1S/C8H15FN2O2S/c1-14(13)3-2-8(12)11-7-5-10-4-6(7)9/h6-7,10H,2-5H2,1H3,(H,11,12)/t6-,7-,14?/m1/s1. The second-order valence-corrected chi connectivity index (χ2v) is 4.93. The summed E-state index contributed by atoms with van der Waals surface area (Å²) < 4.78 is 23.7. The van der Waals surface area contributed by atoms with E-state index in [0.29, 0.717) is 18.8 Å². The van der Waals surface area contributed by atoms with Crippen LogP contribution in [0.5, 0.6) is 0 Å². The van der Waals surface area contributed by atoms with Crippen molar-refractivity contribution in [3.05, 3.63) is 0 Å². The highest BCUT2D eigenvalue weighted by atomic mass is 32.2. The van der Waals surface area contributed by atoms with Crippen LogP contribution in [0.2, 0.25) is 0 Å². The smallest absolute Gasteiger partial charge is 0.221 e. The van der Waals surface area contributed by atoms with E-state index in [1.165, 1.54) is 0 Å². The Bertz CT molecular complexity index is 237. The number of alkyl halides is 1. The molecular weight excluding hydrogens is 207 g/mol. The minimum atomic E-state index is -1.01. The predicted octanol–water partition coefficient (Wildman–Crippen LogP) is -0.819. The Labute approximate surface area is 85.1 Å². The highest BCUT2D eigenvalue weighted by Crippen LogP contribution is 2.04. The first kappa shape index (κ1) is 11.6. The molecule has 0 aliphatic carbocycles. The highest BCUT2D eigenvalue weighted by molar-refractivity contribution is 7.84. The number of nitrogens with one attached hydrogen (secondary N) is 2. The van der Waals surface area contributed by atoms with Gasteiger partial charge in [0.1, 0.15) is 6.17 Å². The lowest BCUT2D eigenvalue weighted by Gasteiger charge is -2.13. The van der Waals surface area contributed by atoms with Gasteiger partial charge in [-0.15, -0.1) is 0 Å². The maximum absolute atomic E-state index is 13.0. The van der Waals surface area contributed by atoms with Gasteiger partial charge in [-0.1, -0.05) is 0 Å². The number of rotatable bonds is 4. The van der Waals surface area contributed by atoms with Crippen LogP contribution in [0.25, 0.3) is 0 Å². The van der Waals surface area contributed by atoms with E-state index in [0.717, 1.165) is 0 Å². The number of carbonyl (C=O) groups excluding carboxylic acids is 1. The number of carbonyl (C=O) groups is 1. The molecule has 0 bridgehead atoms. The van der Waals surface area contributed by atoms with Crippen LogP contribution >= 0.6 is 0 Å². The second kappa shape index (κ2) is 5.41. The SMILES string of the molecule is CS(=O)CCC(=O)N[C@@H]1CNC[C@H]1F. The van der Waals surface area contributed by atoms with E-state index >= 15 is 0 Å². The summed E-state index contributed by atoms with van der Waals surface area (Å²) in [6.45, 7) is 0.771. The van der Waals surface area contributed by atoms with Crippen molar-refractivity contribution in [3.8, 4) is 0 Å². The van der Waals surface area contributed by atoms with Crippen molar-refractivity contribution in [3.63, 3.8) is 0 Å². The molecule has 1 amide bonds. The number of hydrogen-bond acceptors (Lipinski definition) is 3. The Balaban J connectivity index is 2.22. The third-order valence-corrected chi connectivity index (χ3v) is 2.88. The maximum atomic E-state index is 13.0. The summed E-state index contributed by atoms with van der Waals surface area (Å²) in [7, 11) is -0.968. The third kappa shape index (κ3) is 3.71. The lowest BCUT2D eigenvalue weighted by atomic mass is 10.2. The molecule has 1 unspecified atom stereocenters. The molecule has 0 aromatic carbocycles. The van der Waals surface area contributed by atoms with E-state index in [1.807, 2.05) is 0 Å². The zero-order valence-corrected chi connectivity index (χ0v) is 8.90. The Morgan fingerprint density at radius 2 is 2.36 bits per heavy atom. The van der Waals surface area contributed by atoms with Gasteiger partial charge in [0.15, 0.2) is 0 Å². The number of amides is 1. The fourth-order valence-electron chi connectivity index (χ4n) is 1.30. The van der Waals surface area contributed by atoms with Gasteiger partial charge in [-0.2, -0.15) is 0 Å². The number of hydrogen-bond donors (Lipinski definition) is 2. The molecule has 1 fully saturated rings. The Morgan fingerprint density at radius 3 is 2.86 bits per heavy atom. The van der Waals surface area contributed by atoms with Crippen LogP contribution in [-0.2, 0) is 15.6 Å². The molecule has 1 saturated heterocycles. The van der Waals surface area contributed by atoms with Crippen molar-refractivity contribution >= 4 is 16.7 Å². The molecule has 1 aliphatic rings. The number of halogens is 1. The molecule has 1 aliphatic heterocycles. The van der Waals surface area contributed by atoms with Crippen LogP contribution in [0.4, 0.5) is 4.39 Å². The average molecular weight is 222 g/mol. The summed E-state index contributed by atoms with van der Waals surface area (Å²) in [5.41, 5.74) is 0. The molecule has 1 heterocycles. The lowest BCUT2D eigenvalue weighted by Crippen LogP contribution is -2.41. The van der Waals surface area contributed by atoms with Gasteiger partial charge in [0.05, 0.1) is 6.04 Å². The van der Waals surface area contributed by atoms with Gasteiger partial charge in [-0.3, -0.25) is 9.00 Å². The molecule has 0 aromatic heterocycles. The molecule has 1 rings (SSSR count). The van der Waals surface area contributed by atoms with Gasteiger partial charge in [-0.05, 0) is 0 Å². The van der Waals surface area contributed by atoms with E-state index in [2.05, 4.69) is 10.6 Å². The molecule has 0 saturated carbocycles. The van der Waals surface area contributed by atoms with Crippen LogP contribution in [0.1, 0.15) is 6.42 Å². The van der Waals surface area contributed by atoms with Gasteiger partial charge < -0.3 is 10.6 Å². The summed E-state index contributed by atoms with van der Waals surface area (Å²) in [6, 6.07) is -0.423. The van der Waals surface area contributed by atoms with Crippen LogP contribution in [0.3, 0.4) is 0 Å². The fraction of sp³-hybridized carbons (Fsp3) is 0.875. The summed E-state index contributed by atoms with van der Waals surface area (Å²) >= 11 is 0. The van der Waals surface area contributed by atoms with Crippen LogP contribution in [-0.4, -0.2) is 47.4 Å². The van der Waals surface area contributed by atoms with E-state index in [9.17, 15) is 13.4 Å². The molecule has 3 atom stereocenters. The first-order valence-corrected chi connectivity index (χ1v) is 6.26. The van der Waals surface area contributed by atoms with Crippen molar-refractivity contribution in [2.75, 3.05) is 25.1 Å². The molecule has 0 radical (unpaired) electrons. The molecule has 0 aromatic rings. The monoisotopic (exact) mass is 222 g/mol.